The topological polar surface area (TPSA) is 105 Å². The summed E-state index contributed by atoms with van der Waals surface area (Å²) in [6, 6.07) is 10.8. The van der Waals surface area contributed by atoms with Crippen LogP contribution in [0.5, 0.6) is 0 Å². The molecule has 3 rings (SSSR count). The van der Waals surface area contributed by atoms with Crippen molar-refractivity contribution in [3.63, 3.8) is 0 Å². The number of nitrogens with zero attached hydrogens (tertiary/aromatic N) is 2. The summed E-state index contributed by atoms with van der Waals surface area (Å²) in [7, 11) is 0. The minimum absolute atomic E-state index is 0. The number of aliphatic imine (C=N–C) groups is 1. The van der Waals surface area contributed by atoms with Crippen molar-refractivity contribution in [1.82, 2.24) is 10.2 Å². The Labute approximate surface area is 187 Å². The molecular formula is C20H28IN5O3. The van der Waals surface area contributed by atoms with Crippen LogP contribution in [0, 0.1) is 0 Å². The van der Waals surface area contributed by atoms with E-state index < -0.39 is 0 Å². The van der Waals surface area contributed by atoms with Crippen LogP contribution in [0.4, 0.5) is 5.69 Å². The van der Waals surface area contributed by atoms with Gasteiger partial charge in [0.25, 0.3) is 5.91 Å². The van der Waals surface area contributed by atoms with E-state index in [0.29, 0.717) is 18.2 Å². The summed E-state index contributed by atoms with van der Waals surface area (Å²) in [4.78, 5) is 18.7. The first-order valence-electron chi connectivity index (χ1n) is 9.48. The van der Waals surface area contributed by atoms with Gasteiger partial charge in [-0.1, -0.05) is 12.1 Å². The van der Waals surface area contributed by atoms with Crippen LogP contribution in [0.3, 0.4) is 0 Å². The number of furan rings is 1. The van der Waals surface area contributed by atoms with Gasteiger partial charge in [-0.2, -0.15) is 0 Å². The zero-order valence-corrected chi connectivity index (χ0v) is 18.6. The van der Waals surface area contributed by atoms with Gasteiger partial charge in [-0.3, -0.25) is 9.69 Å². The van der Waals surface area contributed by atoms with Gasteiger partial charge >= 0.3 is 0 Å². The molecule has 158 valence electrons. The molecule has 0 atom stereocenters. The maximum Gasteiger partial charge on any atom is 0.291 e. The van der Waals surface area contributed by atoms with Gasteiger partial charge in [-0.05, 0) is 42.8 Å². The van der Waals surface area contributed by atoms with Gasteiger partial charge in [0.2, 0.25) is 0 Å². The summed E-state index contributed by atoms with van der Waals surface area (Å²) in [5.74, 6) is 0.444. The lowest BCUT2D eigenvalue weighted by Gasteiger charge is -2.26. The Balaban J connectivity index is 0.00000300. The lowest BCUT2D eigenvalue weighted by Crippen LogP contribution is -2.39. The van der Waals surface area contributed by atoms with E-state index in [2.05, 4.69) is 20.5 Å². The standard InChI is InChI=1S/C20H27N5O3.HI/c21-20(22-8-2-9-25-10-13-27-14-11-25)23-15-16-4-6-17(7-5-16)24-19(26)18-3-1-12-28-18;/h1,3-7,12H,2,8-11,13-15H2,(H,24,26)(H3,21,22,23);1H. The lowest BCUT2D eigenvalue weighted by molar-refractivity contribution is 0.0376. The number of nitrogens with two attached hydrogens (primary N) is 1. The van der Waals surface area contributed by atoms with Gasteiger partial charge in [0.15, 0.2) is 11.7 Å². The number of carbonyl (C=O) groups is 1. The first kappa shape index (κ1) is 23.2. The molecule has 2 aromatic rings. The molecule has 1 aliphatic heterocycles. The van der Waals surface area contributed by atoms with Gasteiger partial charge in [-0.15, -0.1) is 24.0 Å². The van der Waals surface area contributed by atoms with Gasteiger partial charge in [0, 0.05) is 25.3 Å². The maximum absolute atomic E-state index is 11.9. The normalized spacial score (nSPS) is 14.8. The molecule has 0 spiro atoms. The molecule has 0 unspecified atom stereocenters. The Bertz CT molecular complexity index is 759. The van der Waals surface area contributed by atoms with Crippen LogP contribution in [-0.2, 0) is 11.3 Å². The first-order valence-corrected chi connectivity index (χ1v) is 9.48. The SMILES string of the molecule is I.NC(=NCc1ccc(NC(=O)c2ccco2)cc1)NCCCN1CCOCC1. The number of hydrogen-bond donors (Lipinski definition) is 3. The van der Waals surface area contributed by atoms with Crippen LogP contribution in [0.25, 0.3) is 0 Å². The zero-order chi connectivity index (χ0) is 19.6. The van der Waals surface area contributed by atoms with Crippen molar-refractivity contribution in [2.45, 2.75) is 13.0 Å². The molecule has 0 saturated carbocycles. The summed E-state index contributed by atoms with van der Waals surface area (Å²) < 4.78 is 10.4. The van der Waals surface area contributed by atoms with Crippen molar-refractivity contribution in [1.29, 1.82) is 0 Å². The summed E-state index contributed by atoms with van der Waals surface area (Å²) in [5.41, 5.74) is 7.63. The molecule has 0 aliphatic carbocycles. The smallest absolute Gasteiger partial charge is 0.291 e. The number of rotatable bonds is 8. The highest BCUT2D eigenvalue weighted by Crippen LogP contribution is 2.12. The number of carbonyl (C=O) groups excluding carboxylic acids is 1. The minimum atomic E-state index is -0.277. The van der Waals surface area contributed by atoms with E-state index in [1.54, 1.807) is 12.1 Å². The molecule has 0 bridgehead atoms. The predicted octanol–water partition coefficient (Wildman–Crippen LogP) is 2.28. The number of morpholine rings is 1. The number of benzene rings is 1. The number of ether oxygens (including phenoxy) is 1. The maximum atomic E-state index is 11.9. The molecule has 1 aromatic heterocycles. The fourth-order valence-corrected chi connectivity index (χ4v) is 2.87. The van der Waals surface area contributed by atoms with Crippen molar-refractivity contribution in [3.05, 3.63) is 54.0 Å². The molecule has 29 heavy (non-hydrogen) atoms. The molecule has 1 aliphatic rings. The number of nitrogens with one attached hydrogen (secondary N) is 2. The van der Waals surface area contributed by atoms with Crippen LogP contribution in [0.1, 0.15) is 22.5 Å². The molecule has 0 radical (unpaired) electrons. The Morgan fingerprint density at radius 1 is 1.17 bits per heavy atom. The Morgan fingerprint density at radius 2 is 1.93 bits per heavy atom. The van der Waals surface area contributed by atoms with Gasteiger partial charge < -0.3 is 25.5 Å². The third kappa shape index (κ3) is 8.03. The van der Waals surface area contributed by atoms with E-state index >= 15 is 0 Å². The first-order chi connectivity index (χ1) is 13.7. The third-order valence-corrected chi connectivity index (χ3v) is 4.45. The Hall–Kier alpha value is -2.11. The molecule has 1 fully saturated rings. The van der Waals surface area contributed by atoms with E-state index in [1.165, 1.54) is 6.26 Å². The largest absolute Gasteiger partial charge is 0.459 e. The summed E-state index contributed by atoms with van der Waals surface area (Å²) >= 11 is 0. The van der Waals surface area contributed by atoms with Crippen LogP contribution in [-0.4, -0.2) is 56.2 Å². The molecule has 9 heteroatoms. The van der Waals surface area contributed by atoms with Crippen molar-refractivity contribution < 1.29 is 13.9 Å². The highest BCUT2D eigenvalue weighted by molar-refractivity contribution is 14.0. The van der Waals surface area contributed by atoms with Crippen molar-refractivity contribution in [2.75, 3.05) is 44.7 Å². The summed E-state index contributed by atoms with van der Waals surface area (Å²) in [6.07, 6.45) is 2.48. The van der Waals surface area contributed by atoms with E-state index in [0.717, 1.165) is 51.4 Å². The Morgan fingerprint density at radius 3 is 2.62 bits per heavy atom. The summed E-state index contributed by atoms with van der Waals surface area (Å²) in [5, 5.41) is 5.93. The average Bonchev–Trinajstić information content (AvgIpc) is 3.27. The number of hydrogen-bond acceptors (Lipinski definition) is 5. The molecule has 2 heterocycles. The van der Waals surface area contributed by atoms with Crippen LogP contribution in [0.15, 0.2) is 52.1 Å². The molecule has 1 amide bonds. The lowest BCUT2D eigenvalue weighted by atomic mass is 10.2. The van der Waals surface area contributed by atoms with Crippen LogP contribution in [0.2, 0.25) is 0 Å². The quantitative estimate of drug-likeness (QED) is 0.217. The van der Waals surface area contributed by atoms with Gasteiger partial charge in [0.05, 0.1) is 26.0 Å². The van der Waals surface area contributed by atoms with E-state index in [4.69, 9.17) is 14.9 Å². The third-order valence-electron chi connectivity index (χ3n) is 4.45. The second-order valence-corrected chi connectivity index (χ2v) is 6.56. The van der Waals surface area contributed by atoms with Crippen molar-refractivity contribution in [2.24, 2.45) is 10.7 Å². The van der Waals surface area contributed by atoms with Crippen molar-refractivity contribution >= 4 is 41.5 Å². The van der Waals surface area contributed by atoms with Crippen LogP contribution >= 0.6 is 24.0 Å². The number of halogens is 1. The average molecular weight is 513 g/mol. The second-order valence-electron chi connectivity index (χ2n) is 6.56. The van der Waals surface area contributed by atoms with Gasteiger partial charge in [0.1, 0.15) is 0 Å². The highest BCUT2D eigenvalue weighted by Gasteiger charge is 2.09. The van der Waals surface area contributed by atoms with E-state index in [-0.39, 0.29) is 35.6 Å². The predicted molar refractivity (Wildman–Crippen MR) is 124 cm³/mol. The minimum Gasteiger partial charge on any atom is -0.459 e. The summed E-state index contributed by atoms with van der Waals surface area (Å²) in [6.45, 7) is 5.96. The molecular weight excluding hydrogens is 485 g/mol. The fraction of sp³-hybridized carbons (Fsp3) is 0.400. The Kier molecular flexibility index (Phi) is 9.95. The molecule has 1 aromatic carbocycles. The van der Waals surface area contributed by atoms with Gasteiger partial charge in [-0.25, -0.2) is 4.99 Å². The van der Waals surface area contributed by atoms with Crippen molar-refractivity contribution in [3.8, 4) is 0 Å². The van der Waals surface area contributed by atoms with E-state index in [1.807, 2.05) is 24.3 Å². The number of anilines is 1. The highest BCUT2D eigenvalue weighted by atomic mass is 127. The zero-order valence-electron chi connectivity index (χ0n) is 16.3. The molecule has 1 saturated heterocycles. The van der Waals surface area contributed by atoms with E-state index in [9.17, 15) is 4.79 Å². The molecule has 4 N–H and O–H groups in total. The number of guanidine groups is 1. The second kappa shape index (κ2) is 12.5. The fourth-order valence-electron chi connectivity index (χ4n) is 2.87. The van der Waals surface area contributed by atoms with Crippen LogP contribution < -0.4 is 16.4 Å². The number of amides is 1. The molecule has 8 nitrogen and oxygen atoms in total. The monoisotopic (exact) mass is 513 g/mol.